The summed E-state index contributed by atoms with van der Waals surface area (Å²) in [6.45, 7) is 35.3. The maximum Gasteiger partial charge on any atom is 0.252 e. The number of rotatable bonds is 3. The molecule has 11 rings (SSSR count). The third-order valence-corrected chi connectivity index (χ3v) is 17.1. The van der Waals surface area contributed by atoms with E-state index in [1.54, 1.807) is 11.1 Å². The first-order valence-corrected chi connectivity index (χ1v) is 26.5. The summed E-state index contributed by atoms with van der Waals surface area (Å²) in [7, 11) is 0. The van der Waals surface area contributed by atoms with E-state index >= 15 is 0 Å². The Kier molecular flexibility index (Phi) is 10.3. The first kappa shape index (κ1) is 45.8. The van der Waals surface area contributed by atoms with Crippen molar-refractivity contribution < 1.29 is 0 Å². The molecule has 4 heteroatoms. The van der Waals surface area contributed by atoms with E-state index in [9.17, 15) is 0 Å². The van der Waals surface area contributed by atoms with E-state index in [2.05, 4.69) is 235 Å². The summed E-state index contributed by atoms with van der Waals surface area (Å²) in [6, 6.07) is 48.7. The summed E-state index contributed by atoms with van der Waals surface area (Å²) >= 11 is 2.04. The van der Waals surface area contributed by atoms with Crippen LogP contribution in [0.2, 0.25) is 0 Å². The molecular formula is C65H71BN2S. The zero-order valence-corrected chi connectivity index (χ0v) is 44.9. The van der Waals surface area contributed by atoms with Crippen molar-refractivity contribution in [2.45, 2.75) is 150 Å². The number of hydrogen-bond donors (Lipinski definition) is 0. The van der Waals surface area contributed by atoms with Gasteiger partial charge in [0.25, 0.3) is 6.71 Å². The van der Waals surface area contributed by atoms with Gasteiger partial charge < -0.3 is 9.80 Å². The topological polar surface area (TPSA) is 6.48 Å². The molecule has 0 radical (unpaired) electrons. The van der Waals surface area contributed by atoms with Gasteiger partial charge in [-0.15, -0.1) is 11.3 Å². The van der Waals surface area contributed by atoms with E-state index in [4.69, 9.17) is 0 Å². The van der Waals surface area contributed by atoms with Crippen molar-refractivity contribution in [3.05, 3.63) is 160 Å². The molecule has 2 aliphatic heterocycles. The normalized spacial score (nSPS) is 14.9. The van der Waals surface area contributed by atoms with Crippen LogP contribution < -0.4 is 26.2 Å². The van der Waals surface area contributed by atoms with Crippen molar-refractivity contribution in [3.63, 3.8) is 0 Å². The molecule has 0 spiro atoms. The lowest BCUT2D eigenvalue weighted by Crippen LogP contribution is -2.61. The van der Waals surface area contributed by atoms with Crippen molar-refractivity contribution >= 4 is 88.7 Å². The van der Waals surface area contributed by atoms with Gasteiger partial charge in [-0.2, -0.15) is 0 Å². The Bertz CT molecular complexity index is 3350. The predicted octanol–water partition coefficient (Wildman–Crippen LogP) is 16.8. The molecule has 69 heavy (non-hydrogen) atoms. The number of benzene rings is 7. The van der Waals surface area contributed by atoms with E-state index < -0.39 is 0 Å². The molecule has 0 unspecified atom stereocenters. The van der Waals surface area contributed by atoms with Gasteiger partial charge >= 0.3 is 0 Å². The standard InChI is InChI=1S/C65H71BN2S/c1-61(2,3)41-23-27-46(28-24-41)67-55-20-17-21-56-57(55)66(51-31-30-49-48-29-22-39-18-16-19-47(39)59(48)69-60(49)58(51)67)52-38-43(63(7,8)9)26-33-54(52)68(56)53-32-25-42(62(4,5)6)37-50(53)40-34-44(64(10,11)12)36-45(35-40)65(13,14)15/h17,20-38H,16,18-19H2,1-15H3. The largest absolute Gasteiger partial charge is 0.311 e. The summed E-state index contributed by atoms with van der Waals surface area (Å²) in [6.07, 6.45) is 3.60. The Labute approximate surface area is 417 Å². The first-order chi connectivity index (χ1) is 32.4. The molecule has 3 heterocycles. The van der Waals surface area contributed by atoms with Gasteiger partial charge in [0.2, 0.25) is 0 Å². The quantitative estimate of drug-likeness (QED) is 0.163. The number of hydrogen-bond acceptors (Lipinski definition) is 3. The van der Waals surface area contributed by atoms with Gasteiger partial charge in [0.15, 0.2) is 0 Å². The van der Waals surface area contributed by atoms with Crippen molar-refractivity contribution in [1.29, 1.82) is 0 Å². The van der Waals surface area contributed by atoms with Crippen LogP contribution in [0.3, 0.4) is 0 Å². The van der Waals surface area contributed by atoms with Crippen LogP contribution in [-0.2, 0) is 39.9 Å². The van der Waals surface area contributed by atoms with Gasteiger partial charge in [-0.05, 0) is 150 Å². The molecule has 7 aromatic carbocycles. The van der Waals surface area contributed by atoms with Crippen molar-refractivity contribution in [1.82, 2.24) is 0 Å². The molecular weight excluding hydrogens is 852 g/mol. The minimum Gasteiger partial charge on any atom is -0.311 e. The van der Waals surface area contributed by atoms with E-state index in [1.807, 2.05) is 11.3 Å². The van der Waals surface area contributed by atoms with Crippen LogP contribution in [0.4, 0.5) is 34.1 Å². The fraction of sp³-hybridized carbons (Fsp3) is 0.354. The van der Waals surface area contributed by atoms with Gasteiger partial charge in [-0.25, -0.2) is 0 Å². The Morgan fingerprint density at radius 2 is 0.986 bits per heavy atom. The molecule has 0 atom stereocenters. The Hall–Kier alpha value is -5.58. The van der Waals surface area contributed by atoms with E-state index in [0.717, 1.165) is 0 Å². The summed E-state index contributed by atoms with van der Waals surface area (Å²) in [5, 5.41) is 2.78. The van der Waals surface area contributed by atoms with Crippen molar-refractivity contribution in [2.75, 3.05) is 9.80 Å². The van der Waals surface area contributed by atoms with Crippen LogP contribution in [0.15, 0.2) is 121 Å². The number of anilines is 6. The smallest absolute Gasteiger partial charge is 0.252 e. The van der Waals surface area contributed by atoms with Crippen molar-refractivity contribution in [2.24, 2.45) is 0 Å². The number of thiophene rings is 1. The number of nitrogens with zero attached hydrogens (tertiary/aromatic N) is 2. The van der Waals surface area contributed by atoms with Crippen LogP contribution in [0.5, 0.6) is 0 Å². The van der Waals surface area contributed by atoms with E-state index in [-0.39, 0.29) is 33.8 Å². The van der Waals surface area contributed by atoms with Crippen LogP contribution in [-0.4, -0.2) is 6.71 Å². The lowest BCUT2D eigenvalue weighted by Gasteiger charge is -2.45. The molecule has 0 fully saturated rings. The molecule has 0 saturated carbocycles. The molecule has 1 aliphatic carbocycles. The Morgan fingerprint density at radius 3 is 1.61 bits per heavy atom. The molecule has 1 aromatic heterocycles. The van der Waals surface area contributed by atoms with Crippen LogP contribution >= 0.6 is 11.3 Å². The third-order valence-electron chi connectivity index (χ3n) is 15.8. The molecule has 0 amide bonds. The molecule has 3 aliphatic rings. The van der Waals surface area contributed by atoms with Crippen molar-refractivity contribution in [3.8, 4) is 11.1 Å². The molecule has 0 saturated heterocycles. The average molecular weight is 923 g/mol. The summed E-state index contributed by atoms with van der Waals surface area (Å²) in [4.78, 5) is 5.30. The maximum absolute atomic E-state index is 2.65. The lowest BCUT2D eigenvalue weighted by molar-refractivity contribution is 0.569. The monoisotopic (exact) mass is 923 g/mol. The highest BCUT2D eigenvalue weighted by Gasteiger charge is 2.45. The Morgan fingerprint density at radius 1 is 0.435 bits per heavy atom. The average Bonchev–Trinajstić information content (AvgIpc) is 3.92. The minimum absolute atomic E-state index is 0.0214. The number of aryl methyl sites for hydroxylation is 2. The summed E-state index contributed by atoms with van der Waals surface area (Å²) < 4.78 is 2.88. The molecule has 0 bridgehead atoms. The molecule has 8 aromatic rings. The van der Waals surface area contributed by atoms with Crippen LogP contribution in [0.1, 0.15) is 149 Å². The number of fused-ring (bicyclic) bond motifs is 10. The third kappa shape index (κ3) is 7.49. The molecule has 350 valence electrons. The zero-order valence-electron chi connectivity index (χ0n) is 44.0. The SMILES string of the molecule is CC(C)(C)c1ccc(N2c3cccc4c3B(c3cc(C(C)(C)C)ccc3N4c3ccc(C(C)(C)C)cc3-c3cc(C(C)(C)C)cc(C(C)(C)C)c3)c3ccc4c(sc5c6c(ccc54)CCC6)c32)cc1. The van der Waals surface area contributed by atoms with Gasteiger partial charge in [0.05, 0.1) is 16.1 Å². The highest BCUT2D eigenvalue weighted by atomic mass is 32.1. The lowest BCUT2D eigenvalue weighted by atomic mass is 9.33. The summed E-state index contributed by atoms with van der Waals surface area (Å²) in [5.41, 5.74) is 24.0. The van der Waals surface area contributed by atoms with Crippen LogP contribution in [0.25, 0.3) is 31.3 Å². The summed E-state index contributed by atoms with van der Waals surface area (Å²) in [5.74, 6) is 0. The minimum atomic E-state index is -0.0376. The fourth-order valence-electron chi connectivity index (χ4n) is 11.6. The van der Waals surface area contributed by atoms with Gasteiger partial charge in [-0.1, -0.05) is 183 Å². The van der Waals surface area contributed by atoms with Crippen LogP contribution in [0, 0.1) is 0 Å². The zero-order chi connectivity index (χ0) is 48.9. The second kappa shape index (κ2) is 15.5. The second-order valence-electron chi connectivity index (χ2n) is 25.8. The van der Waals surface area contributed by atoms with E-state index in [0.29, 0.717) is 0 Å². The second-order valence-corrected chi connectivity index (χ2v) is 26.9. The fourth-order valence-corrected chi connectivity index (χ4v) is 13.0. The Balaban J connectivity index is 1.24. The predicted molar refractivity (Wildman–Crippen MR) is 304 cm³/mol. The highest BCUT2D eigenvalue weighted by molar-refractivity contribution is 7.27. The van der Waals surface area contributed by atoms with Gasteiger partial charge in [-0.3, -0.25) is 0 Å². The highest BCUT2D eigenvalue weighted by Crippen LogP contribution is 2.52. The molecule has 0 N–H and O–H groups in total. The maximum atomic E-state index is 2.65. The first-order valence-electron chi connectivity index (χ1n) is 25.7. The molecule has 2 nitrogen and oxygen atoms in total. The van der Waals surface area contributed by atoms with E-state index in [1.165, 1.54) is 129 Å². The van der Waals surface area contributed by atoms with Gasteiger partial charge in [0.1, 0.15) is 0 Å². The van der Waals surface area contributed by atoms with Gasteiger partial charge in [0, 0.05) is 43.8 Å².